The number of carbonyl (C=O) groups is 1. The predicted octanol–water partition coefficient (Wildman–Crippen LogP) is 2.00. The standard InChI is InChI=1S/C12H14BN4O.C12H14BN4.CH4/c1-8-11-12(18)16(13-15(2)3)7-9-5-4-6-10(14-8)17(9)11;1-8-12-9(2)17(13-15(3)4)11-7-5-6-10(14-8)16(11)12;/h4-6H,7H2,1-3H3;5-7H,2H2,1,3-4H3;1H4. The van der Waals surface area contributed by atoms with Crippen LogP contribution in [0, 0.1) is 13.8 Å². The molecule has 11 heteroatoms. The highest BCUT2D eigenvalue weighted by Gasteiger charge is 2.29. The number of hydrogen-bond acceptors (Lipinski definition) is 5. The van der Waals surface area contributed by atoms with E-state index in [-0.39, 0.29) is 13.3 Å². The topological polar surface area (TPSA) is 66.3 Å². The Kier molecular flexibility index (Phi) is 6.72. The first-order chi connectivity index (χ1) is 16.7. The van der Waals surface area contributed by atoms with Gasteiger partial charge in [-0.05, 0) is 66.3 Å². The molecule has 0 saturated carbocycles. The summed E-state index contributed by atoms with van der Waals surface area (Å²) in [6.07, 6.45) is 0. The van der Waals surface area contributed by atoms with Gasteiger partial charge in [-0.15, -0.1) is 0 Å². The zero-order valence-corrected chi connectivity index (χ0v) is 21.0. The van der Waals surface area contributed by atoms with E-state index in [9.17, 15) is 4.79 Å². The Balaban J connectivity index is 0.000000165. The van der Waals surface area contributed by atoms with Gasteiger partial charge in [0.25, 0.3) is 5.91 Å². The zero-order chi connectivity index (χ0) is 25.0. The number of nitrogens with zero attached hydrogens (tertiary/aromatic N) is 8. The van der Waals surface area contributed by atoms with Crippen LogP contribution < -0.4 is 5.35 Å². The highest BCUT2D eigenvalue weighted by molar-refractivity contribution is 6.35. The van der Waals surface area contributed by atoms with Crippen LogP contribution in [-0.4, -0.2) is 86.9 Å². The first kappa shape index (κ1) is 25.5. The lowest BCUT2D eigenvalue weighted by molar-refractivity contribution is 0.0822. The van der Waals surface area contributed by atoms with Gasteiger partial charge in [0.2, 0.25) is 0 Å². The van der Waals surface area contributed by atoms with Crippen LogP contribution in [0.15, 0.2) is 36.4 Å². The molecule has 0 aliphatic carbocycles. The molecule has 0 fully saturated rings. The molecular formula is C25H32B2N8O. The summed E-state index contributed by atoms with van der Waals surface area (Å²) in [5, 5.41) is 0.977. The number of rotatable bonds is 4. The molecule has 0 aromatic carbocycles. The molecule has 5 aromatic heterocycles. The Labute approximate surface area is 213 Å². The highest BCUT2D eigenvalue weighted by atomic mass is 16.2. The fourth-order valence-electron chi connectivity index (χ4n) is 4.73. The molecule has 9 nitrogen and oxygen atoms in total. The highest BCUT2D eigenvalue weighted by Crippen LogP contribution is 2.22. The molecule has 0 bridgehead atoms. The minimum absolute atomic E-state index is 0. The quantitative estimate of drug-likeness (QED) is 0.367. The van der Waals surface area contributed by atoms with Crippen LogP contribution in [0.2, 0.25) is 0 Å². The van der Waals surface area contributed by atoms with Crippen LogP contribution >= 0.6 is 0 Å². The summed E-state index contributed by atoms with van der Waals surface area (Å²) in [7, 11) is 11.7. The molecule has 6 rings (SSSR count). The second kappa shape index (κ2) is 9.48. The van der Waals surface area contributed by atoms with Crippen LogP contribution in [0.25, 0.3) is 29.0 Å². The number of pyridine rings is 2. The van der Waals surface area contributed by atoms with E-state index in [1.807, 2.05) is 101 Å². The number of aryl methyl sites for hydroxylation is 2. The van der Waals surface area contributed by atoms with Crippen molar-refractivity contribution in [3.05, 3.63) is 64.5 Å². The van der Waals surface area contributed by atoms with E-state index in [4.69, 9.17) is 0 Å². The van der Waals surface area contributed by atoms with E-state index >= 15 is 0 Å². The van der Waals surface area contributed by atoms with Crippen molar-refractivity contribution in [1.29, 1.82) is 0 Å². The Morgan fingerprint density at radius 2 is 1.50 bits per heavy atom. The summed E-state index contributed by atoms with van der Waals surface area (Å²) >= 11 is 0. The van der Waals surface area contributed by atoms with Gasteiger partial charge in [-0.1, -0.05) is 26.1 Å². The third-order valence-corrected chi connectivity index (χ3v) is 6.02. The Morgan fingerprint density at radius 1 is 0.889 bits per heavy atom. The second-order valence-corrected chi connectivity index (χ2v) is 9.29. The van der Waals surface area contributed by atoms with E-state index in [0.717, 1.165) is 44.9 Å². The van der Waals surface area contributed by atoms with Crippen molar-refractivity contribution in [3.63, 3.8) is 0 Å². The normalized spacial score (nSPS) is 13.0. The summed E-state index contributed by atoms with van der Waals surface area (Å²) in [5.41, 5.74) is 7.58. The maximum absolute atomic E-state index is 12.4. The van der Waals surface area contributed by atoms with Crippen LogP contribution in [0.1, 0.15) is 35.0 Å². The maximum Gasteiger partial charge on any atom is 0.357 e. The number of imidazole rings is 3. The molecule has 5 aromatic rings. The SMILES string of the molecule is C.C=c1c2c(C)nc3cccc(n1[B]N(C)C)n32.Cc1nc2cccc3n2c1C(=O)N([B]N(C)C)C3. The van der Waals surface area contributed by atoms with E-state index in [1.54, 1.807) is 4.81 Å². The minimum atomic E-state index is 0. The first-order valence-corrected chi connectivity index (χ1v) is 11.4. The van der Waals surface area contributed by atoms with Gasteiger partial charge >= 0.3 is 15.1 Å². The van der Waals surface area contributed by atoms with Gasteiger partial charge in [-0.3, -0.25) is 13.6 Å². The van der Waals surface area contributed by atoms with E-state index < -0.39 is 0 Å². The van der Waals surface area contributed by atoms with Crippen LogP contribution in [0.4, 0.5) is 0 Å². The first-order valence-electron chi connectivity index (χ1n) is 11.4. The third kappa shape index (κ3) is 4.08. The molecule has 1 aliphatic heterocycles. The molecule has 0 unspecified atom stereocenters. The van der Waals surface area contributed by atoms with Gasteiger partial charge in [0.15, 0.2) is 0 Å². The van der Waals surface area contributed by atoms with Crippen molar-refractivity contribution >= 4 is 50.0 Å². The van der Waals surface area contributed by atoms with Gasteiger partial charge in [0, 0.05) is 11.0 Å². The molecule has 0 saturated heterocycles. The predicted molar refractivity (Wildman–Crippen MR) is 147 cm³/mol. The lowest BCUT2D eigenvalue weighted by Crippen LogP contribution is -2.44. The molecule has 2 radical (unpaired) electrons. The number of hydrogen-bond donors (Lipinski definition) is 0. The Hall–Kier alpha value is -3.56. The largest absolute Gasteiger partial charge is 0.364 e. The zero-order valence-electron chi connectivity index (χ0n) is 21.0. The Morgan fingerprint density at radius 3 is 2.17 bits per heavy atom. The van der Waals surface area contributed by atoms with Crippen molar-refractivity contribution in [1.82, 2.24) is 37.7 Å². The summed E-state index contributed by atoms with van der Waals surface area (Å²) in [6, 6.07) is 12.1. The van der Waals surface area contributed by atoms with Gasteiger partial charge in [-0.2, -0.15) is 0 Å². The van der Waals surface area contributed by atoms with Gasteiger partial charge in [0.1, 0.15) is 22.6 Å². The Bertz CT molecular complexity index is 1610. The van der Waals surface area contributed by atoms with Gasteiger partial charge in [-0.25, -0.2) is 9.97 Å². The summed E-state index contributed by atoms with van der Waals surface area (Å²) in [4.78, 5) is 27.0. The van der Waals surface area contributed by atoms with Crippen molar-refractivity contribution in [2.75, 3.05) is 28.2 Å². The third-order valence-electron chi connectivity index (χ3n) is 6.02. The monoisotopic (exact) mass is 482 g/mol. The van der Waals surface area contributed by atoms with Crippen LogP contribution in [-0.2, 0) is 6.54 Å². The van der Waals surface area contributed by atoms with Gasteiger partial charge < -0.3 is 18.9 Å². The molecule has 0 N–H and O–H groups in total. The maximum atomic E-state index is 12.4. The van der Waals surface area contributed by atoms with Gasteiger partial charge in [0.05, 0.1) is 23.4 Å². The fourth-order valence-corrected chi connectivity index (χ4v) is 4.73. The fraction of sp³-hybridized carbons (Fsp3) is 0.320. The van der Waals surface area contributed by atoms with Crippen molar-refractivity contribution in [2.45, 2.75) is 27.8 Å². The summed E-state index contributed by atoms with van der Waals surface area (Å²) in [6.45, 7) is 8.65. The average molecular weight is 482 g/mol. The average Bonchev–Trinajstić information content (AvgIpc) is 3.40. The molecule has 0 atom stereocenters. The minimum Gasteiger partial charge on any atom is -0.364 e. The summed E-state index contributed by atoms with van der Waals surface area (Å²) in [5.74, 6) is 0.00685. The number of carbonyl (C=O) groups excluding carboxylic acids is 1. The van der Waals surface area contributed by atoms with Crippen molar-refractivity contribution < 1.29 is 4.79 Å². The van der Waals surface area contributed by atoms with Crippen LogP contribution in [0.3, 0.4) is 0 Å². The van der Waals surface area contributed by atoms with E-state index in [2.05, 4.69) is 31.5 Å². The van der Waals surface area contributed by atoms with Crippen molar-refractivity contribution in [2.24, 2.45) is 0 Å². The van der Waals surface area contributed by atoms with E-state index in [1.165, 1.54) is 0 Å². The van der Waals surface area contributed by atoms with Crippen LogP contribution in [0.5, 0.6) is 0 Å². The number of amides is 1. The molecule has 1 amide bonds. The molecule has 184 valence electrons. The molecule has 6 heterocycles. The molecular weight excluding hydrogens is 450 g/mol. The molecule has 36 heavy (non-hydrogen) atoms. The van der Waals surface area contributed by atoms with E-state index in [0.29, 0.717) is 12.2 Å². The lowest BCUT2D eigenvalue weighted by Gasteiger charge is -2.29. The molecule has 1 aliphatic rings. The molecule has 0 spiro atoms. The van der Waals surface area contributed by atoms with Crippen molar-refractivity contribution in [3.8, 4) is 0 Å². The smallest absolute Gasteiger partial charge is 0.357 e. The number of aromatic nitrogens is 5. The second-order valence-electron chi connectivity index (χ2n) is 9.29. The lowest BCUT2D eigenvalue weighted by atomic mass is 10.0. The summed E-state index contributed by atoms with van der Waals surface area (Å²) < 4.78 is 6.20.